The van der Waals surface area contributed by atoms with Crippen LogP contribution in [0.15, 0.2) is 22.7 Å². The maximum atomic E-state index is 12.8. The van der Waals surface area contributed by atoms with Gasteiger partial charge < -0.3 is 9.84 Å². The summed E-state index contributed by atoms with van der Waals surface area (Å²) in [6.07, 6.45) is -9.55. The summed E-state index contributed by atoms with van der Waals surface area (Å²) in [4.78, 5) is 3.86. The van der Waals surface area contributed by atoms with Gasteiger partial charge >= 0.3 is 12.4 Å². The molecule has 0 aliphatic rings. The van der Waals surface area contributed by atoms with Gasteiger partial charge in [-0.15, -0.1) is 0 Å². The first-order chi connectivity index (χ1) is 11.0. The standard InChI is InChI=1S/C14H13F6N3O/c1-7(21-2)3-11-22-12(24-23-11)8-4-9(13(15,16)17)6-10(5-8)14(18,19)20/h4-7,21H,3H2,1-2H3. The SMILES string of the molecule is CNC(C)Cc1noc(-c2cc(C(F)(F)F)cc(C(F)(F)F)c2)n1. The molecule has 10 heteroatoms. The second kappa shape index (κ2) is 6.42. The number of likely N-dealkylation sites (N-methyl/N-ethyl adjacent to an activating group) is 1. The number of hydrogen-bond donors (Lipinski definition) is 1. The van der Waals surface area contributed by atoms with Crippen molar-refractivity contribution >= 4 is 0 Å². The molecular weight excluding hydrogens is 340 g/mol. The largest absolute Gasteiger partial charge is 0.416 e. The van der Waals surface area contributed by atoms with E-state index >= 15 is 0 Å². The van der Waals surface area contributed by atoms with E-state index in [9.17, 15) is 26.3 Å². The number of hydrogen-bond acceptors (Lipinski definition) is 4. The van der Waals surface area contributed by atoms with Crippen LogP contribution in [0.25, 0.3) is 11.5 Å². The monoisotopic (exact) mass is 353 g/mol. The highest BCUT2D eigenvalue weighted by molar-refractivity contribution is 5.57. The lowest BCUT2D eigenvalue weighted by molar-refractivity contribution is -0.143. The molecule has 2 rings (SSSR count). The maximum absolute atomic E-state index is 12.8. The van der Waals surface area contributed by atoms with Gasteiger partial charge in [-0.2, -0.15) is 31.3 Å². The number of benzene rings is 1. The molecule has 1 N–H and O–H groups in total. The van der Waals surface area contributed by atoms with E-state index in [0.717, 1.165) is 0 Å². The Hall–Kier alpha value is -2.10. The molecule has 0 aliphatic heterocycles. The molecule has 24 heavy (non-hydrogen) atoms. The minimum atomic E-state index is -4.93. The molecule has 1 atom stereocenters. The topological polar surface area (TPSA) is 51.0 Å². The maximum Gasteiger partial charge on any atom is 0.416 e. The van der Waals surface area contributed by atoms with Crippen molar-refractivity contribution in [2.24, 2.45) is 0 Å². The fraction of sp³-hybridized carbons (Fsp3) is 0.429. The van der Waals surface area contributed by atoms with Crippen LogP contribution < -0.4 is 5.32 Å². The van der Waals surface area contributed by atoms with E-state index in [2.05, 4.69) is 15.5 Å². The highest BCUT2D eigenvalue weighted by Gasteiger charge is 2.37. The normalized spacial score (nSPS) is 14.0. The molecular formula is C14H13F6N3O. The second-order valence-corrected chi connectivity index (χ2v) is 5.20. The molecule has 0 amide bonds. The van der Waals surface area contributed by atoms with E-state index in [1.165, 1.54) is 0 Å². The predicted octanol–water partition coefficient (Wildman–Crippen LogP) is 3.92. The van der Waals surface area contributed by atoms with Gasteiger partial charge in [0.1, 0.15) is 0 Å². The Labute approximate surface area is 132 Å². The van der Waals surface area contributed by atoms with Crippen LogP contribution in [0.1, 0.15) is 23.9 Å². The third kappa shape index (κ3) is 4.25. The summed E-state index contributed by atoms with van der Waals surface area (Å²) in [5.74, 6) is -0.220. The van der Waals surface area contributed by atoms with Crippen LogP contribution in [-0.2, 0) is 18.8 Å². The van der Waals surface area contributed by atoms with Gasteiger partial charge in [0.15, 0.2) is 5.82 Å². The van der Waals surface area contributed by atoms with E-state index in [-0.39, 0.29) is 17.9 Å². The second-order valence-electron chi connectivity index (χ2n) is 5.20. The molecule has 1 aromatic carbocycles. The number of nitrogens with zero attached hydrogens (tertiary/aromatic N) is 2. The Morgan fingerprint density at radius 1 is 1.04 bits per heavy atom. The smallest absolute Gasteiger partial charge is 0.334 e. The molecule has 0 fully saturated rings. The lowest BCUT2D eigenvalue weighted by Crippen LogP contribution is -2.24. The fourth-order valence-electron chi connectivity index (χ4n) is 1.91. The molecule has 0 saturated heterocycles. The van der Waals surface area contributed by atoms with Crippen molar-refractivity contribution in [2.45, 2.75) is 31.7 Å². The van der Waals surface area contributed by atoms with E-state index in [1.54, 1.807) is 7.05 Å². The Morgan fingerprint density at radius 3 is 2.04 bits per heavy atom. The zero-order valence-electron chi connectivity index (χ0n) is 12.6. The molecule has 132 valence electrons. The van der Waals surface area contributed by atoms with Crippen LogP contribution in [0, 0.1) is 0 Å². The Bertz CT molecular complexity index is 675. The summed E-state index contributed by atoms with van der Waals surface area (Å²) in [5, 5.41) is 6.48. The van der Waals surface area contributed by atoms with Crippen LogP contribution in [0.3, 0.4) is 0 Å². The highest BCUT2D eigenvalue weighted by atomic mass is 19.4. The molecule has 0 radical (unpaired) electrons. The molecule has 0 saturated carbocycles. The average molecular weight is 353 g/mol. The van der Waals surface area contributed by atoms with Gasteiger partial charge in [0, 0.05) is 18.0 Å². The summed E-state index contributed by atoms with van der Waals surface area (Å²) in [5.41, 5.74) is -3.31. The van der Waals surface area contributed by atoms with Crippen LogP contribution in [0.2, 0.25) is 0 Å². The number of aromatic nitrogens is 2. The molecule has 1 heterocycles. The molecule has 1 aromatic heterocycles. The van der Waals surface area contributed by atoms with Gasteiger partial charge in [0.2, 0.25) is 0 Å². The van der Waals surface area contributed by atoms with Crippen molar-refractivity contribution in [3.63, 3.8) is 0 Å². The summed E-state index contributed by atoms with van der Waals surface area (Å²) < 4.78 is 81.8. The molecule has 1 unspecified atom stereocenters. The highest BCUT2D eigenvalue weighted by Crippen LogP contribution is 2.38. The number of halogens is 6. The quantitative estimate of drug-likeness (QED) is 0.847. The van der Waals surface area contributed by atoms with E-state index in [1.807, 2.05) is 6.92 Å². The van der Waals surface area contributed by atoms with Crippen LogP contribution in [-0.4, -0.2) is 23.2 Å². The van der Waals surface area contributed by atoms with Crippen molar-refractivity contribution < 1.29 is 30.9 Å². The first-order valence-corrected chi connectivity index (χ1v) is 6.80. The first kappa shape index (κ1) is 18.2. The summed E-state index contributed by atoms with van der Waals surface area (Å²) >= 11 is 0. The van der Waals surface area contributed by atoms with Gasteiger partial charge in [-0.05, 0) is 32.2 Å². The first-order valence-electron chi connectivity index (χ1n) is 6.80. The van der Waals surface area contributed by atoms with Gasteiger partial charge in [-0.3, -0.25) is 0 Å². The van der Waals surface area contributed by atoms with E-state index < -0.39 is 34.9 Å². The lowest BCUT2D eigenvalue weighted by atomic mass is 10.0. The summed E-state index contributed by atoms with van der Waals surface area (Å²) in [6.45, 7) is 1.81. The zero-order valence-corrected chi connectivity index (χ0v) is 12.6. The minimum Gasteiger partial charge on any atom is -0.334 e. The fourth-order valence-corrected chi connectivity index (χ4v) is 1.91. The number of nitrogens with one attached hydrogen (secondary N) is 1. The molecule has 0 bridgehead atoms. The lowest BCUT2D eigenvalue weighted by Gasteiger charge is -2.12. The Balaban J connectivity index is 2.46. The third-order valence-electron chi connectivity index (χ3n) is 3.28. The van der Waals surface area contributed by atoms with Crippen LogP contribution in [0.5, 0.6) is 0 Å². The summed E-state index contributed by atoms with van der Waals surface area (Å²) in [7, 11) is 1.69. The zero-order chi connectivity index (χ0) is 18.1. The average Bonchev–Trinajstić information content (AvgIpc) is 2.93. The van der Waals surface area contributed by atoms with Gasteiger partial charge in [0.25, 0.3) is 5.89 Å². The molecule has 0 aliphatic carbocycles. The van der Waals surface area contributed by atoms with Crippen molar-refractivity contribution in [3.05, 3.63) is 35.2 Å². The van der Waals surface area contributed by atoms with Gasteiger partial charge in [0.05, 0.1) is 11.1 Å². The molecule has 2 aromatic rings. The molecule has 4 nitrogen and oxygen atoms in total. The molecule has 0 spiro atoms. The minimum absolute atomic E-state index is 0.0392. The van der Waals surface area contributed by atoms with Crippen molar-refractivity contribution in [1.29, 1.82) is 0 Å². The Kier molecular flexibility index (Phi) is 4.88. The van der Waals surface area contributed by atoms with Crippen LogP contribution >= 0.6 is 0 Å². The van der Waals surface area contributed by atoms with Crippen molar-refractivity contribution in [1.82, 2.24) is 15.5 Å². The van der Waals surface area contributed by atoms with Crippen molar-refractivity contribution in [3.8, 4) is 11.5 Å². The van der Waals surface area contributed by atoms with Crippen molar-refractivity contribution in [2.75, 3.05) is 7.05 Å². The van der Waals surface area contributed by atoms with E-state index in [0.29, 0.717) is 18.6 Å². The van der Waals surface area contributed by atoms with Gasteiger partial charge in [-0.1, -0.05) is 5.16 Å². The number of rotatable bonds is 4. The van der Waals surface area contributed by atoms with E-state index in [4.69, 9.17) is 4.52 Å². The van der Waals surface area contributed by atoms with Gasteiger partial charge in [-0.25, -0.2) is 0 Å². The third-order valence-corrected chi connectivity index (χ3v) is 3.28. The predicted molar refractivity (Wildman–Crippen MR) is 72.0 cm³/mol. The van der Waals surface area contributed by atoms with Crippen LogP contribution in [0.4, 0.5) is 26.3 Å². The summed E-state index contributed by atoms with van der Waals surface area (Å²) in [6, 6.07) is 1.11. The Morgan fingerprint density at radius 2 is 1.58 bits per heavy atom. The number of alkyl halides is 6.